The third kappa shape index (κ3) is 3.98. The number of nitrogens with one attached hydrogen (secondary N) is 1. The van der Waals surface area contributed by atoms with Crippen LogP contribution in [0.1, 0.15) is 5.56 Å². The van der Waals surface area contributed by atoms with E-state index in [0.717, 1.165) is 10.9 Å². The van der Waals surface area contributed by atoms with Gasteiger partial charge in [-0.2, -0.15) is 8.42 Å². The highest BCUT2D eigenvalue weighted by atomic mass is 32.2. The first-order valence-electron chi connectivity index (χ1n) is 7.37. The minimum atomic E-state index is -3.82. The molecule has 0 saturated heterocycles. The number of nitrogens with zero attached hydrogens (tertiary/aromatic N) is 1. The van der Waals surface area contributed by atoms with E-state index in [1.807, 2.05) is 18.2 Å². The molecule has 3 aromatic rings. The van der Waals surface area contributed by atoms with E-state index in [1.54, 1.807) is 44.5 Å². The Morgan fingerprint density at radius 3 is 2.52 bits per heavy atom. The number of pyridine rings is 1. The molecule has 0 fully saturated rings. The summed E-state index contributed by atoms with van der Waals surface area (Å²) in [6.45, 7) is 1.76. The van der Waals surface area contributed by atoms with Gasteiger partial charge in [0.15, 0.2) is 0 Å². The van der Waals surface area contributed by atoms with E-state index >= 15 is 0 Å². The summed E-state index contributed by atoms with van der Waals surface area (Å²) in [4.78, 5) is 4.31. The molecule has 0 saturated carbocycles. The van der Waals surface area contributed by atoms with Crippen LogP contribution in [0.3, 0.4) is 0 Å². The molecule has 0 atom stereocenters. The van der Waals surface area contributed by atoms with Crippen LogP contribution >= 0.6 is 0 Å². The van der Waals surface area contributed by atoms with Crippen LogP contribution in [0.2, 0.25) is 0 Å². The summed E-state index contributed by atoms with van der Waals surface area (Å²) in [7, 11) is -2.22. The van der Waals surface area contributed by atoms with Crippen molar-refractivity contribution in [2.45, 2.75) is 6.92 Å². The molecule has 130 valence electrons. The summed E-state index contributed by atoms with van der Waals surface area (Å²) in [5, 5.41) is 5.84. The maximum absolute atomic E-state index is 11.1. The molecule has 0 aliphatic heterocycles. The number of methoxy groups -OCH3 is 1. The number of nitrogens with two attached hydrogens (primary N) is 1. The van der Waals surface area contributed by atoms with Crippen LogP contribution in [-0.4, -0.2) is 20.5 Å². The lowest BCUT2D eigenvalue weighted by Crippen LogP contribution is -2.22. The summed E-state index contributed by atoms with van der Waals surface area (Å²) >= 11 is 0. The molecule has 7 nitrogen and oxygen atoms in total. The zero-order chi connectivity index (χ0) is 18.0. The first-order valence-corrected chi connectivity index (χ1v) is 8.92. The second kappa shape index (κ2) is 6.58. The Bertz CT molecular complexity index is 1040. The van der Waals surface area contributed by atoms with Crippen molar-refractivity contribution in [1.82, 2.24) is 4.98 Å². The smallest absolute Gasteiger partial charge is 0.296 e. The van der Waals surface area contributed by atoms with E-state index in [4.69, 9.17) is 14.6 Å². The lowest BCUT2D eigenvalue weighted by molar-refractivity contribution is 0.415. The van der Waals surface area contributed by atoms with Crippen molar-refractivity contribution in [3.05, 3.63) is 54.2 Å². The predicted octanol–water partition coefficient (Wildman–Crippen LogP) is 2.96. The SMILES string of the molecule is COc1ccc2c(Oc3ccc(NS(N)(=O)=O)c(C)c3)ccnc2c1. The number of rotatable bonds is 5. The van der Waals surface area contributed by atoms with Crippen LogP contribution in [0.15, 0.2) is 48.7 Å². The molecule has 0 unspecified atom stereocenters. The van der Waals surface area contributed by atoms with Crippen LogP contribution < -0.4 is 19.3 Å². The van der Waals surface area contributed by atoms with Crippen LogP contribution in [0.25, 0.3) is 10.9 Å². The highest BCUT2D eigenvalue weighted by molar-refractivity contribution is 7.90. The van der Waals surface area contributed by atoms with Gasteiger partial charge in [0.1, 0.15) is 17.2 Å². The fraction of sp³-hybridized carbons (Fsp3) is 0.118. The summed E-state index contributed by atoms with van der Waals surface area (Å²) in [5.41, 5.74) is 1.84. The van der Waals surface area contributed by atoms with E-state index in [9.17, 15) is 8.42 Å². The van der Waals surface area contributed by atoms with Crippen molar-refractivity contribution in [3.63, 3.8) is 0 Å². The lowest BCUT2D eigenvalue weighted by atomic mass is 10.2. The van der Waals surface area contributed by atoms with Gasteiger partial charge in [-0.25, -0.2) is 5.14 Å². The highest BCUT2D eigenvalue weighted by Crippen LogP contribution is 2.32. The van der Waals surface area contributed by atoms with Crippen LogP contribution in [0.5, 0.6) is 17.2 Å². The van der Waals surface area contributed by atoms with Gasteiger partial charge in [0.2, 0.25) is 0 Å². The average Bonchev–Trinajstić information content (AvgIpc) is 2.56. The maximum Gasteiger partial charge on any atom is 0.296 e. The summed E-state index contributed by atoms with van der Waals surface area (Å²) < 4.78 is 35.7. The fourth-order valence-corrected chi connectivity index (χ4v) is 2.95. The first kappa shape index (κ1) is 17.0. The van der Waals surface area contributed by atoms with Gasteiger partial charge in [-0.1, -0.05) is 0 Å². The molecule has 1 heterocycles. The third-order valence-corrected chi connectivity index (χ3v) is 4.09. The van der Waals surface area contributed by atoms with Crippen molar-refractivity contribution in [2.24, 2.45) is 5.14 Å². The molecular weight excluding hydrogens is 342 g/mol. The maximum atomic E-state index is 11.1. The molecule has 0 spiro atoms. The number of ether oxygens (including phenoxy) is 2. The number of fused-ring (bicyclic) bond motifs is 1. The molecule has 2 aromatic carbocycles. The van der Waals surface area contributed by atoms with Gasteiger partial charge in [0.25, 0.3) is 10.2 Å². The number of benzene rings is 2. The first-order chi connectivity index (χ1) is 11.9. The monoisotopic (exact) mass is 359 g/mol. The summed E-state index contributed by atoms with van der Waals surface area (Å²) in [6.07, 6.45) is 1.65. The Hall–Kier alpha value is -2.84. The topological polar surface area (TPSA) is 104 Å². The molecule has 0 amide bonds. The minimum Gasteiger partial charge on any atom is -0.497 e. The van der Waals surface area contributed by atoms with E-state index < -0.39 is 10.2 Å². The third-order valence-electron chi connectivity index (χ3n) is 3.59. The van der Waals surface area contributed by atoms with Gasteiger partial charge in [-0.05, 0) is 48.9 Å². The van der Waals surface area contributed by atoms with E-state index in [0.29, 0.717) is 28.5 Å². The Morgan fingerprint density at radius 2 is 1.84 bits per heavy atom. The van der Waals surface area contributed by atoms with Crippen molar-refractivity contribution in [1.29, 1.82) is 0 Å². The second-order valence-corrected chi connectivity index (χ2v) is 6.71. The molecule has 8 heteroatoms. The molecular formula is C17H17N3O4S. The highest BCUT2D eigenvalue weighted by Gasteiger charge is 2.09. The van der Waals surface area contributed by atoms with E-state index in [2.05, 4.69) is 9.71 Å². The van der Waals surface area contributed by atoms with Crippen molar-refractivity contribution in [3.8, 4) is 17.2 Å². The van der Waals surface area contributed by atoms with Gasteiger partial charge >= 0.3 is 0 Å². The van der Waals surface area contributed by atoms with Gasteiger partial charge in [-0.15, -0.1) is 0 Å². The number of anilines is 1. The molecule has 3 rings (SSSR count). The fourth-order valence-electron chi connectivity index (χ4n) is 2.41. The normalized spacial score (nSPS) is 11.3. The second-order valence-electron chi connectivity index (χ2n) is 5.42. The largest absolute Gasteiger partial charge is 0.497 e. The van der Waals surface area contributed by atoms with Crippen LogP contribution in [0.4, 0.5) is 5.69 Å². The Kier molecular flexibility index (Phi) is 4.47. The predicted molar refractivity (Wildman–Crippen MR) is 96.3 cm³/mol. The molecule has 0 bridgehead atoms. The molecule has 0 radical (unpaired) electrons. The lowest BCUT2D eigenvalue weighted by Gasteiger charge is -2.12. The molecule has 1 aromatic heterocycles. The minimum absolute atomic E-state index is 0.402. The van der Waals surface area contributed by atoms with Gasteiger partial charge in [-0.3, -0.25) is 9.71 Å². The zero-order valence-corrected chi connectivity index (χ0v) is 14.5. The van der Waals surface area contributed by atoms with Crippen LogP contribution in [-0.2, 0) is 10.2 Å². The zero-order valence-electron chi connectivity index (χ0n) is 13.7. The summed E-state index contributed by atoms with van der Waals surface area (Å²) in [5.74, 6) is 1.92. The number of hydrogen-bond acceptors (Lipinski definition) is 5. The van der Waals surface area contributed by atoms with Gasteiger partial charge < -0.3 is 9.47 Å². The van der Waals surface area contributed by atoms with Crippen molar-refractivity contribution >= 4 is 26.8 Å². The Balaban J connectivity index is 1.92. The Morgan fingerprint density at radius 1 is 1.08 bits per heavy atom. The van der Waals surface area contributed by atoms with E-state index in [-0.39, 0.29) is 0 Å². The number of aromatic nitrogens is 1. The average molecular weight is 359 g/mol. The molecule has 0 aliphatic carbocycles. The number of hydrogen-bond donors (Lipinski definition) is 2. The quantitative estimate of drug-likeness (QED) is 0.729. The van der Waals surface area contributed by atoms with Crippen LogP contribution in [0, 0.1) is 6.92 Å². The molecule has 25 heavy (non-hydrogen) atoms. The van der Waals surface area contributed by atoms with E-state index in [1.165, 1.54) is 0 Å². The van der Waals surface area contributed by atoms with Crippen molar-refractivity contribution in [2.75, 3.05) is 11.8 Å². The standard InChI is InChI=1S/C17H17N3O4S/c1-11-9-13(4-6-15(11)20-25(18,21)22)24-17-7-8-19-16-10-12(23-2)3-5-14(16)17/h3-10,20H,1-2H3,(H2,18,21,22). The van der Waals surface area contributed by atoms with Crippen molar-refractivity contribution < 1.29 is 17.9 Å². The van der Waals surface area contributed by atoms with Gasteiger partial charge in [0, 0.05) is 17.6 Å². The molecule has 3 N–H and O–H groups in total. The number of aryl methyl sites for hydroxylation is 1. The van der Waals surface area contributed by atoms with Gasteiger partial charge in [0.05, 0.1) is 18.3 Å². The Labute approximate surface area is 145 Å². The molecule has 0 aliphatic rings. The summed E-state index contributed by atoms with van der Waals surface area (Å²) in [6, 6.07) is 12.3.